The van der Waals surface area contributed by atoms with Crippen molar-refractivity contribution in [3.8, 4) is 5.75 Å². The van der Waals surface area contributed by atoms with Crippen LogP contribution in [0.2, 0.25) is 0 Å². The normalized spacial score (nSPS) is 10.5. The minimum Gasteiger partial charge on any atom is -0.406 e. The van der Waals surface area contributed by atoms with Gasteiger partial charge in [0.05, 0.1) is 6.20 Å². The summed E-state index contributed by atoms with van der Waals surface area (Å²) in [7, 11) is 0. The molecular weight excluding hydrogens is 293 g/mol. The Morgan fingerprint density at radius 2 is 1.55 bits per heavy atom. The third-order valence-electron chi connectivity index (χ3n) is 2.66. The number of hydrogen-bond acceptors (Lipinski definition) is 1. The molecule has 0 fully saturated rings. The van der Waals surface area contributed by atoms with Crippen LogP contribution in [0.15, 0.2) is 66.9 Å². The maximum absolute atomic E-state index is 11.5. The van der Waals surface area contributed by atoms with Crippen LogP contribution in [-0.4, -0.2) is 11.0 Å². The van der Waals surface area contributed by atoms with Crippen LogP contribution in [0.3, 0.4) is 0 Å². The van der Waals surface area contributed by atoms with Crippen LogP contribution in [0.25, 0.3) is 15.9 Å². The fourth-order valence-corrected chi connectivity index (χ4v) is 1.78. The Morgan fingerprint density at radius 3 is 2.18 bits per heavy atom. The largest absolute Gasteiger partial charge is 0.573 e. The Hall–Kier alpha value is -2.94. The molecule has 0 radical (unpaired) electrons. The first-order chi connectivity index (χ1) is 10.5. The van der Waals surface area contributed by atoms with Gasteiger partial charge in [-0.25, -0.2) is 0 Å². The minimum absolute atomic E-state index is 0.194. The maximum atomic E-state index is 11.5. The fourth-order valence-electron chi connectivity index (χ4n) is 1.78. The Morgan fingerprint density at radius 1 is 0.909 bits per heavy atom. The first-order valence-electron chi connectivity index (χ1n) is 6.24. The number of benzene rings is 2. The topological polar surface area (TPSA) is 18.5 Å². The number of hydrogen-bond donors (Lipinski definition) is 0. The van der Waals surface area contributed by atoms with Crippen LogP contribution in [0.1, 0.15) is 0 Å². The van der Waals surface area contributed by atoms with Gasteiger partial charge in [-0.2, -0.15) is 11.5 Å². The molecular formula is C16H11F3N2O. The van der Waals surface area contributed by atoms with Crippen LogP contribution in [0.4, 0.5) is 13.2 Å². The number of ether oxygens (including phenoxy) is 1. The second kappa shape index (κ2) is 6.68. The second-order valence-corrected chi connectivity index (χ2v) is 4.18. The molecule has 0 N–H and O–H groups in total. The summed E-state index contributed by atoms with van der Waals surface area (Å²) in [4.78, 5) is 3.33. The van der Waals surface area contributed by atoms with Gasteiger partial charge in [0.1, 0.15) is 11.3 Å². The summed E-state index contributed by atoms with van der Waals surface area (Å²) in [5.41, 5.74) is 0.975. The molecule has 3 rings (SSSR count). The van der Waals surface area contributed by atoms with Crippen molar-refractivity contribution in [2.75, 3.05) is 0 Å². The van der Waals surface area contributed by atoms with Crippen LogP contribution in [0, 0.1) is 6.57 Å². The number of aromatic nitrogens is 1. The van der Waals surface area contributed by atoms with E-state index in [2.05, 4.69) is 9.69 Å². The predicted molar refractivity (Wildman–Crippen MR) is 77.1 cm³/mol. The standard InChI is InChI=1S/C9H6N2.C7H5F3O/c1-10-11-7-6-8-4-2-3-5-9(8)11;8-7(9,10)11-6-4-2-1-3-5-6/h2-7H;1-5H. The van der Waals surface area contributed by atoms with Gasteiger partial charge in [0, 0.05) is 5.39 Å². The highest BCUT2D eigenvalue weighted by Crippen LogP contribution is 2.21. The number of fused-ring (bicyclic) bond motifs is 1. The van der Waals surface area contributed by atoms with Crippen molar-refractivity contribution in [3.05, 3.63) is 78.4 Å². The summed E-state index contributed by atoms with van der Waals surface area (Å²) in [6, 6.07) is 16.8. The summed E-state index contributed by atoms with van der Waals surface area (Å²) in [5.74, 6) is -0.194. The lowest BCUT2D eigenvalue weighted by molar-refractivity contribution is -0.274. The van der Waals surface area contributed by atoms with Gasteiger partial charge < -0.3 is 4.74 Å². The van der Waals surface area contributed by atoms with Gasteiger partial charge >= 0.3 is 6.36 Å². The molecule has 0 amide bonds. The fraction of sp³-hybridized carbons (Fsp3) is 0.0625. The lowest BCUT2D eigenvalue weighted by atomic mass is 10.3. The molecule has 0 atom stereocenters. The molecule has 1 heterocycles. The lowest BCUT2D eigenvalue weighted by Crippen LogP contribution is -2.16. The highest BCUT2D eigenvalue weighted by molar-refractivity contribution is 5.80. The average Bonchev–Trinajstić information content (AvgIpc) is 2.90. The first-order valence-corrected chi connectivity index (χ1v) is 6.24. The van der Waals surface area contributed by atoms with E-state index in [1.165, 1.54) is 28.9 Å². The number of rotatable bonds is 1. The van der Waals surface area contributed by atoms with E-state index in [1.54, 1.807) is 12.3 Å². The van der Waals surface area contributed by atoms with Crippen LogP contribution >= 0.6 is 0 Å². The quantitative estimate of drug-likeness (QED) is 0.584. The van der Waals surface area contributed by atoms with Crippen molar-refractivity contribution < 1.29 is 17.9 Å². The first kappa shape index (κ1) is 15.4. The highest BCUT2D eigenvalue weighted by Gasteiger charge is 2.30. The molecule has 3 nitrogen and oxygen atoms in total. The molecule has 0 aliphatic heterocycles. The van der Waals surface area contributed by atoms with E-state index < -0.39 is 6.36 Å². The van der Waals surface area contributed by atoms with Gasteiger partial charge in [-0.3, -0.25) is 0 Å². The second-order valence-electron chi connectivity index (χ2n) is 4.18. The highest BCUT2D eigenvalue weighted by atomic mass is 19.4. The SMILES string of the molecule is FC(F)(F)Oc1ccccc1.[C-]#[N+]n1ccc2ccccc21. The summed E-state index contributed by atoms with van der Waals surface area (Å²) in [5, 5.41) is 1.11. The Labute approximate surface area is 125 Å². The molecule has 0 aliphatic rings. The molecule has 0 unspecified atom stereocenters. The molecule has 112 valence electrons. The van der Waals surface area contributed by atoms with Gasteiger partial charge in [0.15, 0.2) is 0 Å². The summed E-state index contributed by atoms with van der Waals surface area (Å²) >= 11 is 0. The number of halogens is 3. The van der Waals surface area contributed by atoms with E-state index in [-0.39, 0.29) is 5.75 Å². The number of nitrogens with zero attached hydrogens (tertiary/aromatic N) is 2. The molecule has 0 spiro atoms. The Kier molecular flexibility index (Phi) is 4.69. The molecule has 1 aromatic heterocycles. The molecule has 0 bridgehead atoms. The summed E-state index contributed by atoms with van der Waals surface area (Å²) in [6.07, 6.45) is -2.82. The lowest BCUT2D eigenvalue weighted by Gasteiger charge is -2.07. The zero-order valence-corrected chi connectivity index (χ0v) is 11.3. The molecule has 6 heteroatoms. The van der Waals surface area contributed by atoms with Crippen LogP contribution in [-0.2, 0) is 0 Å². The van der Waals surface area contributed by atoms with E-state index in [4.69, 9.17) is 6.57 Å². The molecule has 2 aromatic carbocycles. The smallest absolute Gasteiger partial charge is 0.406 e. The average molecular weight is 304 g/mol. The zero-order chi connectivity index (χ0) is 16.0. The van der Waals surface area contributed by atoms with Gasteiger partial charge in [-0.15, -0.1) is 13.2 Å². The van der Waals surface area contributed by atoms with Gasteiger partial charge in [-0.05, 0) is 24.3 Å². The maximum Gasteiger partial charge on any atom is 0.573 e. The van der Waals surface area contributed by atoms with E-state index in [0.29, 0.717) is 0 Å². The van der Waals surface area contributed by atoms with Crippen molar-refractivity contribution in [2.45, 2.75) is 6.36 Å². The van der Waals surface area contributed by atoms with E-state index in [1.807, 2.05) is 30.3 Å². The van der Waals surface area contributed by atoms with Crippen molar-refractivity contribution in [2.24, 2.45) is 0 Å². The zero-order valence-electron chi connectivity index (χ0n) is 11.3. The monoisotopic (exact) mass is 304 g/mol. The minimum atomic E-state index is -4.60. The third kappa shape index (κ3) is 4.28. The van der Waals surface area contributed by atoms with Crippen molar-refractivity contribution in [1.82, 2.24) is 4.68 Å². The van der Waals surface area contributed by atoms with Crippen molar-refractivity contribution in [3.63, 3.8) is 0 Å². The van der Waals surface area contributed by atoms with Crippen LogP contribution < -0.4 is 4.74 Å². The molecule has 0 saturated heterocycles. The Balaban J connectivity index is 0.000000160. The van der Waals surface area contributed by atoms with Crippen molar-refractivity contribution in [1.29, 1.82) is 0 Å². The van der Waals surface area contributed by atoms with Crippen LogP contribution in [0.5, 0.6) is 5.75 Å². The molecule has 3 aromatic rings. The molecule has 0 saturated carbocycles. The summed E-state index contributed by atoms with van der Waals surface area (Å²) < 4.78 is 39.7. The van der Waals surface area contributed by atoms with E-state index in [0.717, 1.165) is 10.9 Å². The van der Waals surface area contributed by atoms with Crippen molar-refractivity contribution >= 4 is 10.9 Å². The van der Waals surface area contributed by atoms with Gasteiger partial charge in [0.2, 0.25) is 0 Å². The molecule has 22 heavy (non-hydrogen) atoms. The Bertz CT molecular complexity index is 773. The predicted octanol–water partition coefficient (Wildman–Crippen LogP) is 4.91. The van der Waals surface area contributed by atoms with E-state index in [9.17, 15) is 13.2 Å². The number of para-hydroxylation sites is 2. The third-order valence-corrected chi connectivity index (χ3v) is 2.66. The van der Waals surface area contributed by atoms with Gasteiger partial charge in [0.25, 0.3) is 0 Å². The number of alkyl halides is 3. The van der Waals surface area contributed by atoms with Gasteiger partial charge in [-0.1, -0.05) is 41.1 Å². The summed E-state index contributed by atoms with van der Waals surface area (Å²) in [6.45, 7) is 6.83. The van der Waals surface area contributed by atoms with E-state index >= 15 is 0 Å². The molecule has 0 aliphatic carbocycles.